The second-order valence-corrected chi connectivity index (χ2v) is 23.2. The molecule has 17 unspecified atom stereocenters. The van der Waals surface area contributed by atoms with Gasteiger partial charge in [0.2, 0.25) is 5.91 Å². The average Bonchev–Trinajstić information content (AvgIpc) is 2.85. The van der Waals surface area contributed by atoms with E-state index in [0.29, 0.717) is 12.8 Å². The summed E-state index contributed by atoms with van der Waals surface area (Å²) >= 11 is 0. The Hall–Kier alpha value is -2.51. The number of amides is 1. The molecule has 3 aliphatic rings. The maximum Gasteiger partial charge on any atom is 0.220 e. The number of unbranched alkanes of at least 4 members (excludes halogenated alkanes) is 24. The van der Waals surface area contributed by atoms with Gasteiger partial charge in [-0.15, -0.1) is 0 Å². The summed E-state index contributed by atoms with van der Waals surface area (Å²) in [5.41, 5.74) is 0. The maximum atomic E-state index is 13.3. The largest absolute Gasteiger partial charge is 0.394 e. The van der Waals surface area contributed by atoms with Crippen LogP contribution in [-0.2, 0) is 33.2 Å². The fraction of sp³-hybridized carbons (Fsp3) is 0.831. The molecule has 1 amide bonds. The fourth-order valence-corrected chi connectivity index (χ4v) is 10.7. The van der Waals surface area contributed by atoms with Crippen molar-refractivity contribution < 1.29 is 89.4 Å². The Labute approximate surface area is 503 Å². The highest BCUT2D eigenvalue weighted by Crippen LogP contribution is 2.33. The van der Waals surface area contributed by atoms with Crippen molar-refractivity contribution in [1.82, 2.24) is 5.32 Å². The van der Waals surface area contributed by atoms with Crippen LogP contribution in [0.15, 0.2) is 60.8 Å². The second kappa shape index (κ2) is 47.5. The van der Waals surface area contributed by atoms with Gasteiger partial charge < -0.3 is 89.9 Å². The van der Waals surface area contributed by atoms with Crippen molar-refractivity contribution in [2.24, 2.45) is 0 Å². The number of allylic oxidation sites excluding steroid dienone is 9. The molecule has 0 aliphatic carbocycles. The molecule has 0 aromatic rings. The zero-order valence-electron chi connectivity index (χ0n) is 51.1. The molecule has 0 aromatic heterocycles. The molecule has 3 heterocycles. The first-order chi connectivity index (χ1) is 40.8. The lowest BCUT2D eigenvalue weighted by Crippen LogP contribution is -2.66. The SMILES string of the molecule is CCCC/C=C/CC/C=C/CC/C=C/C(O)C(COC1OC(CO)C(OC2OC(CO)C(OC3OC(CO)C(O)C(O)C3O)C(O)C2O)C(O)C1O)NC(=O)CCCCCCCCCCCCCCCCC/C=C\C/C=C\CCCCCCC. The van der Waals surface area contributed by atoms with Crippen LogP contribution in [0.2, 0.25) is 0 Å². The first-order valence-corrected chi connectivity index (χ1v) is 32.5. The number of carbonyl (C=O) groups excluding carboxylic acids is 1. The maximum absolute atomic E-state index is 13.3. The van der Waals surface area contributed by atoms with Crippen LogP contribution in [0.4, 0.5) is 0 Å². The number of ether oxygens (including phenoxy) is 6. The van der Waals surface area contributed by atoms with Crippen LogP contribution in [0.5, 0.6) is 0 Å². The molecule has 0 saturated carbocycles. The van der Waals surface area contributed by atoms with Crippen LogP contribution in [0.1, 0.15) is 213 Å². The molecule has 19 heteroatoms. The normalized spacial score (nSPS) is 29.6. The van der Waals surface area contributed by atoms with Gasteiger partial charge in [0.05, 0.1) is 38.6 Å². The van der Waals surface area contributed by atoms with E-state index in [-0.39, 0.29) is 18.9 Å². The molecule has 0 spiro atoms. The van der Waals surface area contributed by atoms with Gasteiger partial charge in [0.15, 0.2) is 18.9 Å². The summed E-state index contributed by atoms with van der Waals surface area (Å²) in [6.07, 6.45) is 29.3. The smallest absolute Gasteiger partial charge is 0.220 e. The third-order valence-electron chi connectivity index (χ3n) is 16.0. The van der Waals surface area contributed by atoms with E-state index in [2.05, 4.69) is 67.8 Å². The Morgan fingerprint density at radius 2 is 0.810 bits per heavy atom. The quantitative estimate of drug-likeness (QED) is 0.0211. The van der Waals surface area contributed by atoms with Gasteiger partial charge in [0.25, 0.3) is 0 Å². The molecule has 3 aliphatic heterocycles. The van der Waals surface area contributed by atoms with Gasteiger partial charge in [-0.2, -0.15) is 0 Å². The standard InChI is InChI=1S/C65H115NO18/c1-3-5-7-9-11-13-15-17-18-19-20-21-22-23-24-25-26-27-28-29-30-31-33-35-37-39-41-43-53(71)66-48(49(70)42-40-38-36-34-32-16-14-12-10-8-6-4-2)47-79-63-59(77)56(74)61(51(45-68)81-63)84-65-60(78)57(75)62(52(46-69)82-65)83-64-58(76)55(73)54(72)50(44-67)80-64/h10,12,15,17,19-20,32,34,40,42,48-52,54-65,67-70,72-78H,3-9,11,13-14,16,18,21-31,33,35-39,41,43-47H2,1-2H3,(H,66,71)/b12-10+,17-15-,20-19-,34-32+,42-40+. The van der Waals surface area contributed by atoms with Crippen LogP contribution in [0.3, 0.4) is 0 Å². The minimum atomic E-state index is -1.98. The summed E-state index contributed by atoms with van der Waals surface area (Å²) in [5.74, 6) is -0.292. The summed E-state index contributed by atoms with van der Waals surface area (Å²) < 4.78 is 34.2. The zero-order valence-corrected chi connectivity index (χ0v) is 51.1. The van der Waals surface area contributed by atoms with E-state index in [9.17, 15) is 61.0 Å². The first kappa shape index (κ1) is 75.7. The van der Waals surface area contributed by atoms with Crippen LogP contribution in [-0.4, -0.2) is 193 Å². The summed E-state index contributed by atoms with van der Waals surface area (Å²) in [4.78, 5) is 13.3. The van der Waals surface area contributed by atoms with Crippen LogP contribution in [0.25, 0.3) is 0 Å². The van der Waals surface area contributed by atoms with Gasteiger partial charge in [0, 0.05) is 6.42 Å². The van der Waals surface area contributed by atoms with E-state index in [1.807, 2.05) is 6.08 Å². The Kier molecular flexibility index (Phi) is 42.8. The molecule has 84 heavy (non-hydrogen) atoms. The number of hydrogen-bond donors (Lipinski definition) is 12. The van der Waals surface area contributed by atoms with Crippen molar-refractivity contribution in [2.45, 2.75) is 317 Å². The summed E-state index contributed by atoms with van der Waals surface area (Å²) in [7, 11) is 0. The molecule has 3 saturated heterocycles. The summed E-state index contributed by atoms with van der Waals surface area (Å²) in [6.45, 7) is 1.63. The number of aliphatic hydroxyl groups excluding tert-OH is 11. The summed E-state index contributed by atoms with van der Waals surface area (Å²) in [5, 5.41) is 120. The number of rotatable bonds is 48. The number of aliphatic hydroxyl groups is 11. The number of hydrogen-bond acceptors (Lipinski definition) is 18. The molecular formula is C65H115NO18. The molecule has 19 nitrogen and oxygen atoms in total. The highest BCUT2D eigenvalue weighted by molar-refractivity contribution is 5.76. The van der Waals surface area contributed by atoms with Crippen molar-refractivity contribution in [2.75, 3.05) is 26.4 Å². The zero-order chi connectivity index (χ0) is 61.2. The van der Waals surface area contributed by atoms with E-state index < -0.39 is 124 Å². The molecule has 488 valence electrons. The third kappa shape index (κ3) is 30.1. The fourth-order valence-electron chi connectivity index (χ4n) is 10.7. The van der Waals surface area contributed by atoms with E-state index >= 15 is 0 Å². The molecule has 3 fully saturated rings. The van der Waals surface area contributed by atoms with Crippen molar-refractivity contribution in [3.8, 4) is 0 Å². The van der Waals surface area contributed by atoms with E-state index in [4.69, 9.17) is 28.4 Å². The van der Waals surface area contributed by atoms with E-state index in [1.54, 1.807) is 6.08 Å². The van der Waals surface area contributed by atoms with Crippen molar-refractivity contribution in [1.29, 1.82) is 0 Å². The minimum Gasteiger partial charge on any atom is -0.394 e. The van der Waals surface area contributed by atoms with Gasteiger partial charge in [-0.3, -0.25) is 4.79 Å². The lowest BCUT2D eigenvalue weighted by molar-refractivity contribution is -0.379. The van der Waals surface area contributed by atoms with Crippen LogP contribution < -0.4 is 5.32 Å². The van der Waals surface area contributed by atoms with Gasteiger partial charge in [0.1, 0.15) is 73.2 Å². The van der Waals surface area contributed by atoms with Gasteiger partial charge >= 0.3 is 0 Å². The lowest BCUT2D eigenvalue weighted by atomic mass is 9.96. The monoisotopic (exact) mass is 1200 g/mol. The Morgan fingerprint density at radius 3 is 1.30 bits per heavy atom. The molecule has 12 N–H and O–H groups in total. The van der Waals surface area contributed by atoms with Gasteiger partial charge in [-0.25, -0.2) is 0 Å². The average molecular weight is 1200 g/mol. The minimum absolute atomic E-state index is 0.230. The van der Waals surface area contributed by atoms with Crippen molar-refractivity contribution in [3.63, 3.8) is 0 Å². The Morgan fingerprint density at radius 1 is 0.429 bits per heavy atom. The van der Waals surface area contributed by atoms with Gasteiger partial charge in [-0.1, -0.05) is 197 Å². The predicted octanol–water partition coefficient (Wildman–Crippen LogP) is 7.21. The van der Waals surface area contributed by atoms with E-state index in [0.717, 1.165) is 51.4 Å². The lowest BCUT2D eigenvalue weighted by Gasteiger charge is -2.48. The van der Waals surface area contributed by atoms with Crippen molar-refractivity contribution in [3.05, 3.63) is 60.8 Å². The van der Waals surface area contributed by atoms with Crippen LogP contribution in [0, 0.1) is 0 Å². The molecular weight excluding hydrogens is 1080 g/mol. The number of carbonyl (C=O) groups is 1. The highest BCUT2D eigenvalue weighted by atomic mass is 16.8. The number of nitrogens with one attached hydrogen (secondary N) is 1. The first-order valence-electron chi connectivity index (χ1n) is 32.5. The molecule has 0 radical (unpaired) electrons. The van der Waals surface area contributed by atoms with Crippen molar-refractivity contribution >= 4 is 5.91 Å². The topological polar surface area (TPSA) is 307 Å². The van der Waals surface area contributed by atoms with Gasteiger partial charge in [-0.05, 0) is 70.6 Å². The molecule has 0 bridgehead atoms. The second-order valence-electron chi connectivity index (χ2n) is 23.2. The predicted molar refractivity (Wildman–Crippen MR) is 323 cm³/mol. The molecule has 3 rings (SSSR count). The highest BCUT2D eigenvalue weighted by Gasteiger charge is 2.53. The summed E-state index contributed by atoms with van der Waals surface area (Å²) in [6, 6.07) is -0.996. The third-order valence-corrected chi connectivity index (χ3v) is 16.0. The Bertz CT molecular complexity index is 1770. The molecule has 17 atom stereocenters. The molecule has 0 aromatic carbocycles. The Balaban J connectivity index is 1.42. The van der Waals surface area contributed by atoms with Crippen LogP contribution >= 0.6 is 0 Å². The van der Waals surface area contributed by atoms with E-state index in [1.165, 1.54) is 128 Å².